The molecule has 6 nitrogen and oxygen atoms in total. The number of nitrogens with zero attached hydrogens (tertiary/aromatic N) is 3. The van der Waals surface area contributed by atoms with Crippen LogP contribution in [0, 0.1) is 0 Å². The molecule has 0 aliphatic heterocycles. The SMILES string of the molecule is CCN(Cc1nc(-c2ccc(OC)cc2)no1)C(=O)Cc1ccccc1. The van der Waals surface area contributed by atoms with Crippen LogP contribution in [0.3, 0.4) is 0 Å². The summed E-state index contributed by atoms with van der Waals surface area (Å²) in [6, 6.07) is 17.1. The Hall–Kier alpha value is -3.15. The van der Waals surface area contributed by atoms with Crippen LogP contribution in [0.4, 0.5) is 0 Å². The zero-order chi connectivity index (χ0) is 18.4. The highest BCUT2D eigenvalue weighted by molar-refractivity contribution is 5.78. The molecule has 0 spiro atoms. The Kier molecular flexibility index (Phi) is 5.63. The van der Waals surface area contributed by atoms with Crippen molar-refractivity contribution in [2.24, 2.45) is 0 Å². The predicted molar refractivity (Wildman–Crippen MR) is 97.5 cm³/mol. The summed E-state index contributed by atoms with van der Waals surface area (Å²) in [5, 5.41) is 4.01. The number of carbonyl (C=O) groups excluding carboxylic acids is 1. The summed E-state index contributed by atoms with van der Waals surface area (Å²) in [4.78, 5) is 18.6. The largest absolute Gasteiger partial charge is 0.497 e. The quantitative estimate of drug-likeness (QED) is 0.653. The Morgan fingerprint density at radius 2 is 1.85 bits per heavy atom. The van der Waals surface area contributed by atoms with Gasteiger partial charge in [-0.3, -0.25) is 4.79 Å². The number of hydrogen-bond donors (Lipinski definition) is 0. The molecule has 6 heteroatoms. The third kappa shape index (κ3) is 4.27. The van der Waals surface area contributed by atoms with Gasteiger partial charge < -0.3 is 14.2 Å². The molecule has 134 valence electrons. The summed E-state index contributed by atoms with van der Waals surface area (Å²) >= 11 is 0. The van der Waals surface area contributed by atoms with Crippen molar-refractivity contribution in [2.75, 3.05) is 13.7 Å². The number of methoxy groups -OCH3 is 1. The van der Waals surface area contributed by atoms with Gasteiger partial charge in [0.2, 0.25) is 17.6 Å². The topological polar surface area (TPSA) is 68.5 Å². The number of ether oxygens (including phenoxy) is 1. The average molecular weight is 351 g/mol. The number of carbonyl (C=O) groups is 1. The van der Waals surface area contributed by atoms with Gasteiger partial charge in [0, 0.05) is 12.1 Å². The van der Waals surface area contributed by atoms with Gasteiger partial charge in [0.15, 0.2) is 0 Å². The van der Waals surface area contributed by atoms with Gasteiger partial charge in [-0.25, -0.2) is 0 Å². The maximum absolute atomic E-state index is 12.5. The third-order valence-electron chi connectivity index (χ3n) is 4.08. The van der Waals surface area contributed by atoms with Crippen molar-refractivity contribution in [3.05, 3.63) is 66.1 Å². The summed E-state index contributed by atoms with van der Waals surface area (Å²) in [6.45, 7) is 2.81. The molecule has 0 fully saturated rings. The monoisotopic (exact) mass is 351 g/mol. The summed E-state index contributed by atoms with van der Waals surface area (Å²) in [5.41, 5.74) is 1.82. The first-order valence-electron chi connectivity index (χ1n) is 8.48. The molecule has 0 atom stereocenters. The molecule has 0 N–H and O–H groups in total. The van der Waals surface area contributed by atoms with Crippen LogP contribution < -0.4 is 4.74 Å². The summed E-state index contributed by atoms with van der Waals surface area (Å²) in [6.07, 6.45) is 0.355. The summed E-state index contributed by atoms with van der Waals surface area (Å²) in [5.74, 6) is 1.71. The number of amides is 1. The molecule has 0 radical (unpaired) electrons. The van der Waals surface area contributed by atoms with Crippen molar-refractivity contribution in [2.45, 2.75) is 19.9 Å². The van der Waals surface area contributed by atoms with Crippen LogP contribution in [0.25, 0.3) is 11.4 Å². The highest BCUT2D eigenvalue weighted by atomic mass is 16.5. The second-order valence-corrected chi connectivity index (χ2v) is 5.81. The smallest absolute Gasteiger partial charge is 0.246 e. The average Bonchev–Trinajstić information content (AvgIpc) is 3.15. The zero-order valence-corrected chi connectivity index (χ0v) is 14.9. The second-order valence-electron chi connectivity index (χ2n) is 5.81. The molecular weight excluding hydrogens is 330 g/mol. The van der Waals surface area contributed by atoms with Gasteiger partial charge in [0.25, 0.3) is 0 Å². The van der Waals surface area contributed by atoms with Crippen LogP contribution in [0.15, 0.2) is 59.1 Å². The van der Waals surface area contributed by atoms with E-state index < -0.39 is 0 Å². The Morgan fingerprint density at radius 3 is 2.50 bits per heavy atom. The van der Waals surface area contributed by atoms with Crippen molar-refractivity contribution in [1.29, 1.82) is 0 Å². The lowest BCUT2D eigenvalue weighted by molar-refractivity contribution is -0.131. The molecule has 0 saturated heterocycles. The van der Waals surface area contributed by atoms with Crippen LogP contribution in [0.1, 0.15) is 18.4 Å². The van der Waals surface area contributed by atoms with Gasteiger partial charge >= 0.3 is 0 Å². The highest BCUT2D eigenvalue weighted by Crippen LogP contribution is 2.20. The Morgan fingerprint density at radius 1 is 1.12 bits per heavy atom. The molecule has 0 aliphatic rings. The van der Waals surface area contributed by atoms with Crippen molar-refractivity contribution in [1.82, 2.24) is 15.0 Å². The van der Waals surface area contributed by atoms with Crippen LogP contribution in [0.2, 0.25) is 0 Å². The minimum atomic E-state index is 0.0305. The van der Waals surface area contributed by atoms with E-state index in [4.69, 9.17) is 9.26 Å². The molecule has 3 aromatic rings. The molecule has 2 aromatic carbocycles. The maximum atomic E-state index is 12.5. The van der Waals surface area contributed by atoms with Crippen LogP contribution in [-0.4, -0.2) is 34.6 Å². The van der Waals surface area contributed by atoms with Crippen molar-refractivity contribution >= 4 is 5.91 Å². The van der Waals surface area contributed by atoms with Gasteiger partial charge in [0.05, 0.1) is 20.1 Å². The Balaban J connectivity index is 1.67. The van der Waals surface area contributed by atoms with E-state index in [1.165, 1.54) is 0 Å². The summed E-state index contributed by atoms with van der Waals surface area (Å²) < 4.78 is 10.5. The van der Waals surface area contributed by atoms with Gasteiger partial charge in [-0.05, 0) is 36.8 Å². The number of hydrogen-bond acceptors (Lipinski definition) is 5. The van der Waals surface area contributed by atoms with Crippen molar-refractivity contribution in [3.63, 3.8) is 0 Å². The molecule has 1 aromatic heterocycles. The van der Waals surface area contributed by atoms with E-state index in [2.05, 4.69) is 10.1 Å². The molecular formula is C20H21N3O3. The Bertz CT molecular complexity index is 844. The number of aromatic nitrogens is 2. The minimum Gasteiger partial charge on any atom is -0.497 e. The van der Waals surface area contributed by atoms with E-state index >= 15 is 0 Å². The first-order valence-corrected chi connectivity index (χ1v) is 8.48. The molecule has 3 rings (SSSR count). The lowest BCUT2D eigenvalue weighted by Crippen LogP contribution is -2.31. The fourth-order valence-electron chi connectivity index (χ4n) is 2.60. The number of rotatable bonds is 7. The van der Waals surface area contributed by atoms with Crippen LogP contribution in [0.5, 0.6) is 5.75 Å². The maximum Gasteiger partial charge on any atom is 0.246 e. The van der Waals surface area contributed by atoms with Gasteiger partial charge in [-0.1, -0.05) is 35.5 Å². The standard InChI is InChI=1S/C20H21N3O3/c1-3-23(19(24)13-15-7-5-4-6-8-15)14-18-21-20(22-26-18)16-9-11-17(25-2)12-10-16/h4-12H,3,13-14H2,1-2H3. The molecule has 0 saturated carbocycles. The Labute approximate surface area is 152 Å². The zero-order valence-electron chi connectivity index (χ0n) is 14.9. The molecule has 1 amide bonds. The van der Waals surface area contributed by atoms with Gasteiger partial charge in [0.1, 0.15) is 5.75 Å². The molecule has 0 bridgehead atoms. The molecule has 0 unspecified atom stereocenters. The van der Waals surface area contributed by atoms with E-state index in [9.17, 15) is 4.79 Å². The van der Waals surface area contributed by atoms with E-state index in [1.54, 1.807) is 12.0 Å². The lowest BCUT2D eigenvalue weighted by atomic mass is 10.1. The fraction of sp³-hybridized carbons (Fsp3) is 0.250. The normalized spacial score (nSPS) is 10.5. The van der Waals surface area contributed by atoms with E-state index in [1.807, 2.05) is 61.5 Å². The van der Waals surface area contributed by atoms with Crippen LogP contribution in [-0.2, 0) is 17.8 Å². The van der Waals surface area contributed by atoms with E-state index in [-0.39, 0.29) is 5.91 Å². The molecule has 1 heterocycles. The lowest BCUT2D eigenvalue weighted by Gasteiger charge is -2.18. The molecule has 26 heavy (non-hydrogen) atoms. The fourth-order valence-corrected chi connectivity index (χ4v) is 2.60. The first kappa shape index (κ1) is 17.7. The van der Waals surface area contributed by atoms with Crippen LogP contribution >= 0.6 is 0 Å². The summed E-state index contributed by atoms with van der Waals surface area (Å²) in [7, 11) is 1.62. The third-order valence-corrected chi connectivity index (χ3v) is 4.08. The second kappa shape index (κ2) is 8.29. The van der Waals surface area contributed by atoms with Gasteiger partial charge in [-0.15, -0.1) is 0 Å². The highest BCUT2D eigenvalue weighted by Gasteiger charge is 2.17. The van der Waals surface area contributed by atoms with Crippen molar-refractivity contribution in [3.8, 4) is 17.1 Å². The number of benzene rings is 2. The predicted octanol–water partition coefficient (Wildman–Crippen LogP) is 3.34. The van der Waals surface area contributed by atoms with E-state index in [0.29, 0.717) is 31.2 Å². The first-order chi connectivity index (χ1) is 12.7. The van der Waals surface area contributed by atoms with Gasteiger partial charge in [-0.2, -0.15) is 4.98 Å². The molecule has 0 aliphatic carbocycles. The van der Waals surface area contributed by atoms with Crippen molar-refractivity contribution < 1.29 is 14.1 Å². The minimum absolute atomic E-state index is 0.0305. The number of likely N-dealkylation sites (N-methyl/N-ethyl adjacent to an activating group) is 1. The van der Waals surface area contributed by atoms with E-state index in [0.717, 1.165) is 16.9 Å².